The number of fused-ring (bicyclic) bond motifs is 3. The van der Waals surface area contributed by atoms with E-state index in [9.17, 15) is 0 Å². The first-order chi connectivity index (χ1) is 21.5. The molecule has 0 aliphatic carbocycles. The summed E-state index contributed by atoms with van der Waals surface area (Å²) < 4.78 is 0. The van der Waals surface area contributed by atoms with E-state index in [1.807, 2.05) is 12.2 Å². The fourth-order valence-electron chi connectivity index (χ4n) is 6.35. The molecule has 0 spiro atoms. The van der Waals surface area contributed by atoms with Gasteiger partial charge in [0, 0.05) is 6.20 Å². The lowest BCUT2D eigenvalue weighted by Crippen LogP contribution is -1.94. The van der Waals surface area contributed by atoms with Crippen molar-refractivity contribution < 1.29 is 0 Å². The summed E-state index contributed by atoms with van der Waals surface area (Å²) in [6, 6.07) is 39.8. The summed E-state index contributed by atoms with van der Waals surface area (Å²) in [7, 11) is 0. The summed E-state index contributed by atoms with van der Waals surface area (Å²) in [6.45, 7) is 10.2. The molecule has 1 heteroatoms. The summed E-state index contributed by atoms with van der Waals surface area (Å²) >= 11 is 0. The first kappa shape index (κ1) is 28.7. The predicted octanol–water partition coefficient (Wildman–Crippen LogP) is 11.9. The van der Waals surface area contributed by atoms with Crippen molar-refractivity contribution in [2.24, 2.45) is 5.73 Å². The minimum Gasteiger partial charge on any atom is -0.404 e. The van der Waals surface area contributed by atoms with Gasteiger partial charge in [-0.15, -0.1) is 0 Å². The van der Waals surface area contributed by atoms with Crippen LogP contribution in [-0.4, -0.2) is 0 Å². The van der Waals surface area contributed by atoms with Gasteiger partial charge in [-0.1, -0.05) is 146 Å². The van der Waals surface area contributed by atoms with Crippen molar-refractivity contribution in [3.8, 4) is 22.3 Å². The molecule has 2 N–H and O–H groups in total. The molecule has 6 aromatic carbocycles. The third kappa shape index (κ3) is 5.29. The van der Waals surface area contributed by atoms with Crippen molar-refractivity contribution in [3.05, 3.63) is 169 Å². The summed E-state index contributed by atoms with van der Waals surface area (Å²) in [5.74, 6) is 0. The van der Waals surface area contributed by atoms with Gasteiger partial charge < -0.3 is 5.73 Å². The first-order valence-corrected chi connectivity index (χ1v) is 15.1. The lowest BCUT2D eigenvalue weighted by Gasteiger charge is -2.20. The molecule has 0 fully saturated rings. The largest absolute Gasteiger partial charge is 0.404 e. The maximum atomic E-state index is 6.09. The lowest BCUT2D eigenvalue weighted by atomic mass is 9.83. The average molecular weight is 568 g/mol. The molecule has 6 rings (SSSR count). The highest BCUT2D eigenvalue weighted by Crippen LogP contribution is 2.46. The summed E-state index contributed by atoms with van der Waals surface area (Å²) in [5.41, 5.74) is 16.8. The minimum absolute atomic E-state index is 1.02. The number of rotatable bonds is 7. The average Bonchev–Trinajstić information content (AvgIpc) is 3.05. The lowest BCUT2D eigenvalue weighted by molar-refractivity contribution is 1.39. The van der Waals surface area contributed by atoms with E-state index in [1.165, 1.54) is 71.3 Å². The molecule has 214 valence electrons. The molecule has 0 atom stereocenters. The van der Waals surface area contributed by atoms with Gasteiger partial charge in [-0.25, -0.2) is 0 Å². The highest BCUT2D eigenvalue weighted by Gasteiger charge is 2.19. The molecule has 0 radical (unpaired) electrons. The second-order valence-electron chi connectivity index (χ2n) is 11.4. The maximum Gasteiger partial charge on any atom is 0.00175 e. The van der Waals surface area contributed by atoms with Gasteiger partial charge in [-0.05, 0) is 104 Å². The quantitative estimate of drug-likeness (QED) is 0.151. The molecule has 0 saturated heterocycles. The van der Waals surface area contributed by atoms with Gasteiger partial charge in [0.2, 0.25) is 0 Å². The third-order valence-corrected chi connectivity index (χ3v) is 8.25. The van der Waals surface area contributed by atoms with E-state index in [0.29, 0.717) is 0 Å². The zero-order chi connectivity index (χ0) is 30.6. The highest BCUT2D eigenvalue weighted by atomic mass is 14.5. The molecule has 0 saturated carbocycles. The molecular weight excluding hydrogens is 530 g/mol. The molecule has 0 heterocycles. The van der Waals surface area contributed by atoms with Crippen LogP contribution < -0.4 is 5.73 Å². The molecule has 0 aromatic heterocycles. The Morgan fingerprint density at radius 2 is 1.20 bits per heavy atom. The van der Waals surface area contributed by atoms with E-state index in [0.717, 1.165) is 11.1 Å². The number of hydrogen-bond acceptors (Lipinski definition) is 1. The summed E-state index contributed by atoms with van der Waals surface area (Å²) in [6.07, 6.45) is 11.8. The van der Waals surface area contributed by atoms with Gasteiger partial charge in [0.15, 0.2) is 0 Å². The second kappa shape index (κ2) is 12.5. The zero-order valence-corrected chi connectivity index (χ0v) is 25.6. The molecule has 44 heavy (non-hydrogen) atoms. The molecular formula is C43H37N. The Kier molecular flexibility index (Phi) is 8.12. The first-order valence-electron chi connectivity index (χ1n) is 15.1. The molecule has 0 amide bonds. The van der Waals surface area contributed by atoms with Gasteiger partial charge in [0.25, 0.3) is 0 Å². The normalized spacial score (nSPS) is 12.3. The van der Waals surface area contributed by atoms with Crippen LogP contribution in [0.5, 0.6) is 0 Å². The number of nitrogens with two attached hydrogens (primary N) is 1. The van der Waals surface area contributed by atoms with Crippen molar-refractivity contribution in [1.82, 2.24) is 0 Å². The van der Waals surface area contributed by atoms with E-state index in [2.05, 4.69) is 149 Å². The van der Waals surface area contributed by atoms with Crippen molar-refractivity contribution in [1.29, 1.82) is 0 Å². The van der Waals surface area contributed by atoms with Crippen molar-refractivity contribution in [3.63, 3.8) is 0 Å². The Morgan fingerprint density at radius 1 is 0.614 bits per heavy atom. The van der Waals surface area contributed by atoms with Crippen LogP contribution in [0.25, 0.3) is 65.7 Å². The molecule has 0 aliphatic heterocycles. The maximum absolute atomic E-state index is 6.09. The van der Waals surface area contributed by atoms with E-state index in [4.69, 9.17) is 5.73 Å². The Bertz CT molecular complexity index is 2110. The minimum atomic E-state index is 1.02. The van der Waals surface area contributed by atoms with Crippen LogP contribution in [0.3, 0.4) is 0 Å². The van der Waals surface area contributed by atoms with Crippen LogP contribution in [0.15, 0.2) is 158 Å². The van der Waals surface area contributed by atoms with Crippen LogP contribution in [0.4, 0.5) is 0 Å². The fourth-order valence-corrected chi connectivity index (χ4v) is 6.35. The van der Waals surface area contributed by atoms with Crippen molar-refractivity contribution >= 4 is 43.5 Å². The van der Waals surface area contributed by atoms with Gasteiger partial charge in [0.05, 0.1) is 0 Å². The summed E-state index contributed by atoms with van der Waals surface area (Å²) in [5, 5.41) is 7.44. The van der Waals surface area contributed by atoms with Crippen LogP contribution in [0.2, 0.25) is 0 Å². The number of benzene rings is 6. The molecule has 0 unspecified atom stereocenters. The molecule has 0 aliphatic rings. The van der Waals surface area contributed by atoms with Crippen molar-refractivity contribution in [2.45, 2.75) is 20.8 Å². The monoisotopic (exact) mass is 567 g/mol. The van der Waals surface area contributed by atoms with Crippen LogP contribution in [0, 0.1) is 0 Å². The molecule has 6 aromatic rings. The SMILES string of the molecule is C=C/C=C\C=C(/C)c1ccc(-c2c3ccccc3c(-c3cccc(/C(C=C(C)C)=C/N)c3)c3ccccc23)c2ccccc12. The third-order valence-electron chi connectivity index (χ3n) is 8.25. The molecule has 1 nitrogen and oxygen atoms in total. The highest BCUT2D eigenvalue weighted by molar-refractivity contribution is 6.24. The van der Waals surface area contributed by atoms with Gasteiger partial charge in [-0.2, -0.15) is 0 Å². The van der Waals surface area contributed by atoms with Gasteiger partial charge >= 0.3 is 0 Å². The van der Waals surface area contributed by atoms with E-state index >= 15 is 0 Å². The Balaban J connectivity index is 1.66. The predicted molar refractivity (Wildman–Crippen MR) is 194 cm³/mol. The topological polar surface area (TPSA) is 26.0 Å². The van der Waals surface area contributed by atoms with E-state index < -0.39 is 0 Å². The van der Waals surface area contributed by atoms with E-state index in [-0.39, 0.29) is 0 Å². The van der Waals surface area contributed by atoms with E-state index in [1.54, 1.807) is 12.3 Å². The Hall–Kier alpha value is -5.40. The standard InChI is InChI=1S/C43H37N/c1-5-6-7-15-30(4)34-24-25-41(36-19-9-8-18-35(34)36)43-39-22-12-10-20-37(39)42(38-21-11-13-23-40(38)43)32-17-14-16-31(27-32)33(28-44)26-29(2)3/h5-28H,1,44H2,2-4H3/b7-6-,30-15+,33-28+. The van der Waals surface area contributed by atoms with Crippen LogP contribution in [-0.2, 0) is 0 Å². The van der Waals surface area contributed by atoms with Crippen LogP contribution in [0.1, 0.15) is 31.9 Å². The number of allylic oxidation sites excluding steroid dienone is 8. The molecule has 0 bridgehead atoms. The second-order valence-corrected chi connectivity index (χ2v) is 11.4. The Labute approximate surface area is 260 Å². The van der Waals surface area contributed by atoms with Crippen molar-refractivity contribution in [2.75, 3.05) is 0 Å². The van der Waals surface area contributed by atoms with Gasteiger partial charge in [-0.3, -0.25) is 0 Å². The van der Waals surface area contributed by atoms with Gasteiger partial charge in [0.1, 0.15) is 0 Å². The fraction of sp³-hybridized carbons (Fsp3) is 0.0698. The summed E-state index contributed by atoms with van der Waals surface area (Å²) in [4.78, 5) is 0. The zero-order valence-electron chi connectivity index (χ0n) is 25.6. The number of hydrogen-bond donors (Lipinski definition) is 1. The smallest absolute Gasteiger partial charge is 0.00175 e. The van der Waals surface area contributed by atoms with Crippen LogP contribution >= 0.6 is 0 Å². The Morgan fingerprint density at radius 3 is 1.80 bits per heavy atom.